The Bertz CT molecular complexity index is 1260. The highest BCUT2D eigenvalue weighted by atomic mass is 35.5. The molecule has 0 aromatic heterocycles. The van der Waals surface area contributed by atoms with Gasteiger partial charge in [0.1, 0.15) is 0 Å². The first-order valence-corrected chi connectivity index (χ1v) is 10.7. The molecule has 3 rings (SSSR count). The van der Waals surface area contributed by atoms with Crippen LogP contribution >= 0.6 is 11.6 Å². The van der Waals surface area contributed by atoms with Gasteiger partial charge in [-0.05, 0) is 60.7 Å². The number of hydrogen-bond acceptors (Lipinski definition) is 5. The van der Waals surface area contributed by atoms with Gasteiger partial charge in [0.2, 0.25) is 10.0 Å². The van der Waals surface area contributed by atoms with Crippen LogP contribution in [0.25, 0.3) is 0 Å². The van der Waals surface area contributed by atoms with E-state index in [1.165, 1.54) is 48.5 Å². The Balaban J connectivity index is 1.76. The lowest BCUT2D eigenvalue weighted by atomic mass is 10.1. The van der Waals surface area contributed by atoms with Gasteiger partial charge >= 0.3 is 0 Å². The molecule has 0 heterocycles. The summed E-state index contributed by atoms with van der Waals surface area (Å²) in [6, 6.07) is 17.3. The van der Waals surface area contributed by atoms with Crippen LogP contribution in [0.15, 0.2) is 77.7 Å². The highest BCUT2D eigenvalue weighted by Crippen LogP contribution is 2.19. The Kier molecular flexibility index (Phi) is 6.50. The molecule has 0 aliphatic carbocycles. The third-order valence-corrected chi connectivity index (χ3v) is 5.35. The molecule has 0 bridgehead atoms. The van der Waals surface area contributed by atoms with Gasteiger partial charge in [0.15, 0.2) is 0 Å². The number of hydrogen-bond donors (Lipinski definition) is 3. The number of benzene rings is 3. The Morgan fingerprint density at radius 2 is 1.42 bits per heavy atom. The first kappa shape index (κ1) is 22.2. The molecule has 158 valence electrons. The summed E-state index contributed by atoms with van der Waals surface area (Å²) >= 11 is 5.82. The number of Topliss-reactive ketones (excluding diaryl/α,β-unsaturated/α-hetero) is 1. The standard InChI is InChI=1S/C21H16ClN3O5S/c22-14-7-5-13(6-8-14)20(27)25-18-4-2-1-3-17(18)19(26)21(28)24-15-9-11-16(12-10-15)31(23,29)30/h1-12H,(H,24,28)(H,25,27)(H2,23,29,30). The fourth-order valence-corrected chi connectivity index (χ4v) is 3.27. The topological polar surface area (TPSA) is 135 Å². The minimum Gasteiger partial charge on any atom is -0.321 e. The van der Waals surface area contributed by atoms with Gasteiger partial charge in [0, 0.05) is 16.3 Å². The molecule has 0 aliphatic heterocycles. The van der Waals surface area contributed by atoms with Crippen LogP contribution < -0.4 is 15.8 Å². The number of nitrogens with one attached hydrogen (secondary N) is 2. The first-order valence-electron chi connectivity index (χ1n) is 8.79. The average Bonchev–Trinajstić information content (AvgIpc) is 2.74. The molecule has 0 unspecified atom stereocenters. The van der Waals surface area contributed by atoms with E-state index in [9.17, 15) is 22.8 Å². The number of carbonyl (C=O) groups excluding carboxylic acids is 3. The minimum atomic E-state index is -3.88. The molecule has 0 aliphatic rings. The molecule has 2 amide bonds. The summed E-state index contributed by atoms with van der Waals surface area (Å²) < 4.78 is 22.6. The van der Waals surface area contributed by atoms with Gasteiger partial charge in [-0.2, -0.15) is 0 Å². The van der Waals surface area contributed by atoms with Crippen LogP contribution in [0.4, 0.5) is 11.4 Å². The predicted octanol–water partition coefficient (Wildman–Crippen LogP) is 3.06. The normalized spacial score (nSPS) is 10.9. The highest BCUT2D eigenvalue weighted by molar-refractivity contribution is 7.89. The van der Waals surface area contributed by atoms with E-state index in [0.29, 0.717) is 10.6 Å². The molecular weight excluding hydrogens is 442 g/mol. The number of primary sulfonamides is 1. The number of carbonyl (C=O) groups is 3. The minimum absolute atomic E-state index is 0.0107. The third kappa shape index (κ3) is 5.54. The molecule has 31 heavy (non-hydrogen) atoms. The zero-order valence-corrected chi connectivity index (χ0v) is 17.4. The van der Waals surface area contributed by atoms with Crippen molar-refractivity contribution in [1.29, 1.82) is 0 Å². The Morgan fingerprint density at radius 1 is 0.806 bits per heavy atom. The van der Waals surface area contributed by atoms with Gasteiger partial charge < -0.3 is 10.6 Å². The zero-order valence-electron chi connectivity index (χ0n) is 15.8. The largest absolute Gasteiger partial charge is 0.321 e. The summed E-state index contributed by atoms with van der Waals surface area (Å²) in [7, 11) is -3.88. The van der Waals surface area contributed by atoms with Gasteiger partial charge in [-0.1, -0.05) is 23.7 Å². The van der Waals surface area contributed by atoms with Crippen LogP contribution in [-0.4, -0.2) is 26.0 Å². The molecule has 3 aromatic rings. The third-order valence-electron chi connectivity index (χ3n) is 4.17. The van der Waals surface area contributed by atoms with E-state index >= 15 is 0 Å². The second-order valence-electron chi connectivity index (χ2n) is 6.36. The number of rotatable bonds is 6. The molecule has 0 spiro atoms. The summed E-state index contributed by atoms with van der Waals surface area (Å²) in [5.41, 5.74) is 0.676. The van der Waals surface area contributed by atoms with Gasteiger partial charge in [0.25, 0.3) is 17.6 Å². The molecule has 10 heteroatoms. The van der Waals surface area contributed by atoms with Crippen molar-refractivity contribution < 1.29 is 22.8 Å². The van der Waals surface area contributed by atoms with Crippen molar-refractivity contribution in [3.8, 4) is 0 Å². The second-order valence-corrected chi connectivity index (χ2v) is 8.36. The summed E-state index contributed by atoms with van der Waals surface area (Å²) in [6.07, 6.45) is 0. The van der Waals surface area contributed by atoms with Crippen molar-refractivity contribution in [1.82, 2.24) is 0 Å². The molecule has 0 saturated carbocycles. The van der Waals surface area contributed by atoms with Crippen LogP contribution in [0.3, 0.4) is 0 Å². The van der Waals surface area contributed by atoms with Crippen molar-refractivity contribution in [3.63, 3.8) is 0 Å². The Morgan fingerprint density at radius 3 is 2.03 bits per heavy atom. The maximum absolute atomic E-state index is 12.7. The molecule has 4 N–H and O–H groups in total. The molecule has 0 atom stereocenters. The van der Waals surface area contributed by atoms with Crippen molar-refractivity contribution in [2.24, 2.45) is 5.14 Å². The summed E-state index contributed by atoms with van der Waals surface area (Å²) in [5.74, 6) is -2.32. The van der Waals surface area contributed by atoms with Gasteiger partial charge in [-0.25, -0.2) is 13.6 Å². The number of sulfonamides is 1. The van der Waals surface area contributed by atoms with Crippen LogP contribution in [0, 0.1) is 0 Å². The SMILES string of the molecule is NS(=O)(=O)c1ccc(NC(=O)C(=O)c2ccccc2NC(=O)c2ccc(Cl)cc2)cc1. The summed E-state index contributed by atoms with van der Waals surface area (Å²) in [4.78, 5) is 37.4. The number of amides is 2. The Hall–Kier alpha value is -3.53. The van der Waals surface area contributed by atoms with Crippen LogP contribution in [0.1, 0.15) is 20.7 Å². The zero-order chi connectivity index (χ0) is 22.6. The number of anilines is 2. The monoisotopic (exact) mass is 457 g/mol. The first-order chi connectivity index (χ1) is 14.6. The van der Waals surface area contributed by atoms with Crippen molar-refractivity contribution in [2.45, 2.75) is 4.90 Å². The van der Waals surface area contributed by atoms with E-state index < -0.39 is 27.6 Å². The fourth-order valence-electron chi connectivity index (χ4n) is 2.62. The van der Waals surface area contributed by atoms with Gasteiger partial charge in [-0.3, -0.25) is 14.4 Å². The molecule has 0 fully saturated rings. The van der Waals surface area contributed by atoms with Gasteiger partial charge in [-0.15, -0.1) is 0 Å². The predicted molar refractivity (Wildman–Crippen MR) is 117 cm³/mol. The Labute approximate surface area is 183 Å². The molecule has 0 saturated heterocycles. The van der Waals surface area contributed by atoms with E-state index in [0.717, 1.165) is 0 Å². The fraction of sp³-hybridized carbons (Fsp3) is 0. The van der Waals surface area contributed by atoms with Crippen LogP contribution in [-0.2, 0) is 14.8 Å². The number of para-hydroxylation sites is 1. The molecule has 8 nitrogen and oxygen atoms in total. The van der Waals surface area contributed by atoms with Crippen molar-refractivity contribution >= 4 is 50.6 Å². The quantitative estimate of drug-likeness (QED) is 0.386. The number of halogens is 1. The lowest BCUT2D eigenvalue weighted by Gasteiger charge is -2.11. The maximum atomic E-state index is 12.7. The lowest BCUT2D eigenvalue weighted by Crippen LogP contribution is -2.24. The average molecular weight is 458 g/mol. The number of nitrogens with two attached hydrogens (primary N) is 1. The van der Waals surface area contributed by atoms with Crippen LogP contribution in [0.2, 0.25) is 5.02 Å². The van der Waals surface area contributed by atoms with Crippen molar-refractivity contribution in [3.05, 3.63) is 88.9 Å². The molecule has 3 aromatic carbocycles. The van der Waals surface area contributed by atoms with E-state index in [4.69, 9.17) is 16.7 Å². The summed E-state index contributed by atoms with van der Waals surface area (Å²) in [5, 5.41) is 10.5. The smallest absolute Gasteiger partial charge is 0.296 e. The van der Waals surface area contributed by atoms with Gasteiger partial charge in [0.05, 0.1) is 16.1 Å². The summed E-state index contributed by atoms with van der Waals surface area (Å²) in [6.45, 7) is 0. The van der Waals surface area contributed by atoms with Crippen LogP contribution in [0.5, 0.6) is 0 Å². The van der Waals surface area contributed by atoms with E-state index in [1.807, 2.05) is 0 Å². The lowest BCUT2D eigenvalue weighted by molar-refractivity contribution is -0.112. The molecule has 0 radical (unpaired) electrons. The van der Waals surface area contributed by atoms with E-state index in [1.54, 1.807) is 24.3 Å². The maximum Gasteiger partial charge on any atom is 0.296 e. The number of ketones is 1. The van der Waals surface area contributed by atoms with E-state index in [-0.39, 0.29) is 21.8 Å². The molecular formula is C21H16ClN3O5S. The highest BCUT2D eigenvalue weighted by Gasteiger charge is 2.21. The second kappa shape index (κ2) is 9.09. The van der Waals surface area contributed by atoms with Crippen molar-refractivity contribution in [2.75, 3.05) is 10.6 Å². The van der Waals surface area contributed by atoms with E-state index in [2.05, 4.69) is 10.6 Å².